The van der Waals surface area contributed by atoms with Gasteiger partial charge >= 0.3 is 0 Å². The molecule has 3 heteroatoms. The van der Waals surface area contributed by atoms with E-state index in [1.807, 2.05) is 24.3 Å². The first-order valence-corrected chi connectivity index (χ1v) is 6.42. The Morgan fingerprint density at radius 3 is 2.39 bits per heavy atom. The number of hydrogen-bond acceptors (Lipinski definition) is 1. The zero-order chi connectivity index (χ0) is 13.1. The second-order valence-electron chi connectivity index (χ2n) is 4.17. The molecular weight excluding hydrogens is 295 g/mol. The molecule has 0 fully saturated rings. The van der Waals surface area contributed by atoms with Crippen molar-refractivity contribution >= 4 is 22.2 Å². The fraction of sp³-hybridized carbons (Fsp3) is 0.133. The van der Waals surface area contributed by atoms with Gasteiger partial charge in [0.05, 0.1) is 0 Å². The number of aldehydes is 1. The lowest BCUT2D eigenvalue weighted by Crippen LogP contribution is -1.96. The molecule has 0 aliphatic heterocycles. The summed E-state index contributed by atoms with van der Waals surface area (Å²) in [5.41, 5.74) is 2.06. The maximum Gasteiger partial charge on any atom is 0.131 e. The van der Waals surface area contributed by atoms with Gasteiger partial charge in [-0.25, -0.2) is 4.39 Å². The van der Waals surface area contributed by atoms with Crippen molar-refractivity contribution in [1.82, 2.24) is 0 Å². The van der Waals surface area contributed by atoms with Gasteiger partial charge in [-0.15, -0.1) is 0 Å². The molecule has 92 valence electrons. The van der Waals surface area contributed by atoms with Crippen molar-refractivity contribution in [3.8, 4) is 11.1 Å². The van der Waals surface area contributed by atoms with Gasteiger partial charge in [0.15, 0.2) is 0 Å². The summed E-state index contributed by atoms with van der Waals surface area (Å²) >= 11 is 3.34. The van der Waals surface area contributed by atoms with Crippen molar-refractivity contribution in [3.05, 3.63) is 58.3 Å². The predicted molar refractivity (Wildman–Crippen MR) is 74.0 cm³/mol. The van der Waals surface area contributed by atoms with E-state index in [0.717, 1.165) is 16.3 Å². The largest absolute Gasteiger partial charge is 0.303 e. The second kappa shape index (κ2) is 5.44. The number of carbonyl (C=O) groups excluding carboxylic acids is 1. The summed E-state index contributed by atoms with van der Waals surface area (Å²) in [4.78, 5) is 10.7. The third-order valence-corrected chi connectivity index (χ3v) is 3.41. The van der Waals surface area contributed by atoms with Crippen LogP contribution in [0.25, 0.3) is 11.1 Å². The van der Waals surface area contributed by atoms with Gasteiger partial charge in [-0.2, -0.15) is 0 Å². The Balaban J connectivity index is 2.41. The monoisotopic (exact) mass is 306 g/mol. The maximum atomic E-state index is 14.0. The molecule has 0 spiro atoms. The molecule has 2 rings (SSSR count). The van der Waals surface area contributed by atoms with Gasteiger partial charge in [0, 0.05) is 16.0 Å². The van der Waals surface area contributed by atoms with E-state index >= 15 is 0 Å². The molecule has 0 bridgehead atoms. The van der Waals surface area contributed by atoms with Crippen LogP contribution >= 0.6 is 15.9 Å². The molecule has 0 aliphatic carbocycles. The Labute approximate surface area is 114 Å². The first-order valence-electron chi connectivity index (χ1n) is 5.62. The van der Waals surface area contributed by atoms with Crippen molar-refractivity contribution in [2.45, 2.75) is 12.8 Å². The molecule has 0 amide bonds. The molecule has 2 aromatic carbocycles. The van der Waals surface area contributed by atoms with E-state index in [9.17, 15) is 9.18 Å². The Kier molecular flexibility index (Phi) is 3.92. The summed E-state index contributed by atoms with van der Waals surface area (Å²) < 4.78 is 15.0. The van der Waals surface area contributed by atoms with Crippen LogP contribution in [0.15, 0.2) is 46.9 Å². The smallest absolute Gasteiger partial charge is 0.131 e. The molecule has 0 radical (unpaired) electrons. The van der Waals surface area contributed by atoms with Crippen LogP contribution in [0.1, 0.15) is 18.4 Å². The van der Waals surface area contributed by atoms with E-state index < -0.39 is 0 Å². The highest BCUT2D eigenvalue weighted by atomic mass is 79.9. The van der Waals surface area contributed by atoms with E-state index in [2.05, 4.69) is 15.9 Å². The highest BCUT2D eigenvalue weighted by Gasteiger charge is 2.09. The molecular formula is C15H12BrFO. The van der Waals surface area contributed by atoms with Crippen molar-refractivity contribution in [1.29, 1.82) is 0 Å². The van der Waals surface area contributed by atoms with Crippen molar-refractivity contribution in [3.63, 3.8) is 0 Å². The average Bonchev–Trinajstić information content (AvgIpc) is 2.39. The van der Waals surface area contributed by atoms with Crippen LogP contribution in [0.4, 0.5) is 4.39 Å². The maximum absolute atomic E-state index is 14.0. The lowest BCUT2D eigenvalue weighted by Gasteiger charge is -2.08. The number of rotatable bonds is 3. The molecule has 0 saturated heterocycles. The second-order valence-corrected chi connectivity index (χ2v) is 5.09. The summed E-state index contributed by atoms with van der Waals surface area (Å²) in [5.74, 6) is -0.581. The van der Waals surface area contributed by atoms with E-state index in [-0.39, 0.29) is 11.7 Å². The summed E-state index contributed by atoms with van der Waals surface area (Å²) in [6.07, 6.45) is 0.814. The molecule has 1 nitrogen and oxygen atoms in total. The number of hydrogen-bond donors (Lipinski definition) is 0. The van der Waals surface area contributed by atoms with Gasteiger partial charge in [-0.05, 0) is 29.3 Å². The molecule has 1 unspecified atom stereocenters. The molecule has 0 saturated carbocycles. The van der Waals surface area contributed by atoms with Gasteiger partial charge in [0.2, 0.25) is 0 Å². The molecule has 0 heterocycles. The molecule has 0 N–H and O–H groups in total. The van der Waals surface area contributed by atoms with Gasteiger partial charge in [-0.3, -0.25) is 0 Å². The third-order valence-electron chi connectivity index (χ3n) is 2.88. The summed E-state index contributed by atoms with van der Waals surface area (Å²) in [6, 6.07) is 12.4. The zero-order valence-electron chi connectivity index (χ0n) is 9.86. The third kappa shape index (κ3) is 2.67. The van der Waals surface area contributed by atoms with Crippen LogP contribution in [0, 0.1) is 5.82 Å². The molecule has 18 heavy (non-hydrogen) atoms. The van der Waals surface area contributed by atoms with Gasteiger partial charge in [0.1, 0.15) is 12.1 Å². The fourth-order valence-corrected chi connectivity index (χ4v) is 2.02. The van der Waals surface area contributed by atoms with E-state index in [0.29, 0.717) is 11.1 Å². The van der Waals surface area contributed by atoms with Crippen molar-refractivity contribution < 1.29 is 9.18 Å². The van der Waals surface area contributed by atoms with Gasteiger partial charge < -0.3 is 4.79 Å². The Morgan fingerprint density at radius 2 is 1.83 bits per heavy atom. The first-order chi connectivity index (χ1) is 8.61. The average molecular weight is 307 g/mol. The van der Waals surface area contributed by atoms with Gasteiger partial charge in [0.25, 0.3) is 0 Å². The lowest BCUT2D eigenvalue weighted by atomic mass is 9.98. The van der Waals surface area contributed by atoms with Crippen LogP contribution in [-0.2, 0) is 4.79 Å². The Bertz CT molecular complexity index is 563. The van der Waals surface area contributed by atoms with E-state index in [1.54, 1.807) is 19.1 Å². The summed E-state index contributed by atoms with van der Waals surface area (Å²) in [7, 11) is 0. The minimum atomic E-state index is -0.302. The molecule has 1 atom stereocenters. The Hall–Kier alpha value is -1.48. The van der Waals surface area contributed by atoms with Crippen molar-refractivity contribution in [2.24, 2.45) is 0 Å². The van der Waals surface area contributed by atoms with Crippen LogP contribution in [0.5, 0.6) is 0 Å². The van der Waals surface area contributed by atoms with Crippen LogP contribution < -0.4 is 0 Å². The van der Waals surface area contributed by atoms with Gasteiger partial charge in [-0.1, -0.05) is 47.1 Å². The fourth-order valence-electron chi connectivity index (χ4n) is 1.76. The zero-order valence-corrected chi connectivity index (χ0v) is 11.4. The van der Waals surface area contributed by atoms with E-state index in [4.69, 9.17) is 0 Å². The first kappa shape index (κ1) is 13.0. The van der Waals surface area contributed by atoms with Crippen LogP contribution in [0.3, 0.4) is 0 Å². The van der Waals surface area contributed by atoms with Crippen LogP contribution in [-0.4, -0.2) is 6.29 Å². The highest BCUT2D eigenvalue weighted by Crippen LogP contribution is 2.26. The minimum Gasteiger partial charge on any atom is -0.303 e. The number of benzene rings is 2. The highest BCUT2D eigenvalue weighted by molar-refractivity contribution is 9.10. The quantitative estimate of drug-likeness (QED) is 0.760. The summed E-state index contributed by atoms with van der Waals surface area (Å²) in [6.45, 7) is 1.75. The predicted octanol–water partition coefficient (Wildman–Crippen LogP) is 4.56. The standard InChI is InChI=1S/C15H12BrFO/c1-10(9-18)12-4-7-14(15(17)8-12)11-2-5-13(16)6-3-11/h2-10H,1H3. The lowest BCUT2D eigenvalue weighted by molar-refractivity contribution is -0.108. The number of carbonyl (C=O) groups is 1. The normalized spacial score (nSPS) is 12.2. The molecule has 2 aromatic rings. The molecule has 0 aliphatic rings. The topological polar surface area (TPSA) is 17.1 Å². The SMILES string of the molecule is CC(C=O)c1ccc(-c2ccc(Br)cc2)c(F)c1. The molecule has 0 aromatic heterocycles. The number of halogens is 2. The summed E-state index contributed by atoms with van der Waals surface area (Å²) in [5, 5.41) is 0. The minimum absolute atomic E-state index is 0.279. The Morgan fingerprint density at radius 1 is 1.17 bits per heavy atom. The van der Waals surface area contributed by atoms with Crippen molar-refractivity contribution in [2.75, 3.05) is 0 Å². The van der Waals surface area contributed by atoms with E-state index in [1.165, 1.54) is 6.07 Å². The van der Waals surface area contributed by atoms with Crippen LogP contribution in [0.2, 0.25) is 0 Å².